The largest absolute Gasteiger partial charge is 0.244 e. The van der Waals surface area contributed by atoms with E-state index in [1.54, 1.807) is 0 Å². The molecule has 0 N–H and O–H groups in total. The first-order valence-corrected chi connectivity index (χ1v) is 4.97. The second kappa shape index (κ2) is 4.73. The van der Waals surface area contributed by atoms with Crippen molar-refractivity contribution in [3.63, 3.8) is 0 Å². The molecule has 0 amide bonds. The fourth-order valence-electron chi connectivity index (χ4n) is 1.04. The first-order valence-electron chi connectivity index (χ1n) is 3.96. The van der Waals surface area contributed by atoms with E-state index >= 15 is 0 Å². The molecule has 1 aromatic heterocycles. The summed E-state index contributed by atoms with van der Waals surface area (Å²) >= 11 is 9.94. The zero-order valence-electron chi connectivity index (χ0n) is 7.05. The number of pyridine rings is 1. The summed E-state index contributed by atoms with van der Waals surface area (Å²) in [6.07, 6.45) is 3.96. The zero-order valence-corrected chi connectivity index (χ0v) is 8.70. The molecule has 1 aromatic rings. The van der Waals surface area contributed by atoms with Crippen LogP contribution < -0.4 is 0 Å². The van der Waals surface area contributed by atoms with Crippen LogP contribution in [-0.4, -0.2) is 10.7 Å². The third-order valence-electron chi connectivity index (χ3n) is 1.69. The average molecular weight is 202 g/mol. The van der Waals surface area contributed by atoms with Gasteiger partial charge in [-0.1, -0.05) is 17.7 Å². The van der Waals surface area contributed by atoms with E-state index in [2.05, 4.69) is 23.7 Å². The Labute approximate surface area is 83.6 Å². The Hall–Kier alpha value is -0.210. The van der Waals surface area contributed by atoms with E-state index in [1.807, 2.05) is 13.1 Å². The number of rotatable bonds is 3. The SMILES string of the molecule is Cc1cc(CCCS)cnc1Cl. The minimum absolute atomic E-state index is 0.602. The van der Waals surface area contributed by atoms with Gasteiger partial charge in [0.25, 0.3) is 0 Å². The van der Waals surface area contributed by atoms with Gasteiger partial charge in [0, 0.05) is 6.20 Å². The topological polar surface area (TPSA) is 12.9 Å². The van der Waals surface area contributed by atoms with Crippen LogP contribution in [0.15, 0.2) is 12.3 Å². The molecule has 0 bridgehead atoms. The molecule has 12 heavy (non-hydrogen) atoms. The Kier molecular flexibility index (Phi) is 3.89. The molecule has 1 heterocycles. The van der Waals surface area contributed by atoms with E-state index in [0.717, 1.165) is 24.2 Å². The Morgan fingerprint density at radius 2 is 2.33 bits per heavy atom. The number of aryl methyl sites for hydroxylation is 2. The third kappa shape index (κ3) is 2.68. The van der Waals surface area contributed by atoms with Gasteiger partial charge in [-0.15, -0.1) is 0 Å². The number of hydrogen-bond acceptors (Lipinski definition) is 2. The smallest absolute Gasteiger partial charge is 0.131 e. The lowest BCUT2D eigenvalue weighted by molar-refractivity contribution is 0.924. The van der Waals surface area contributed by atoms with E-state index in [0.29, 0.717) is 5.15 Å². The lowest BCUT2D eigenvalue weighted by Gasteiger charge is -2.01. The van der Waals surface area contributed by atoms with Crippen molar-refractivity contribution in [2.45, 2.75) is 19.8 Å². The molecular formula is C9H12ClNS. The summed E-state index contributed by atoms with van der Waals surface area (Å²) in [5, 5.41) is 0.602. The summed E-state index contributed by atoms with van der Waals surface area (Å²) in [5.41, 5.74) is 2.29. The first kappa shape index (κ1) is 9.87. The molecule has 66 valence electrons. The summed E-state index contributed by atoms with van der Waals surface area (Å²) in [6.45, 7) is 1.97. The van der Waals surface area contributed by atoms with Crippen LogP contribution in [0.25, 0.3) is 0 Å². The van der Waals surface area contributed by atoms with Crippen LogP contribution in [0.2, 0.25) is 5.15 Å². The summed E-state index contributed by atoms with van der Waals surface area (Å²) in [6, 6.07) is 2.08. The van der Waals surface area contributed by atoms with Crippen LogP contribution in [0.1, 0.15) is 17.5 Å². The third-order valence-corrected chi connectivity index (χ3v) is 2.41. The van der Waals surface area contributed by atoms with Gasteiger partial charge in [-0.25, -0.2) is 4.98 Å². The number of aromatic nitrogens is 1. The average Bonchev–Trinajstić information content (AvgIpc) is 2.07. The van der Waals surface area contributed by atoms with Gasteiger partial charge in [-0.3, -0.25) is 0 Å². The molecule has 0 aliphatic rings. The molecular weight excluding hydrogens is 190 g/mol. The number of thiol groups is 1. The highest BCUT2D eigenvalue weighted by Crippen LogP contribution is 2.13. The minimum atomic E-state index is 0.602. The Morgan fingerprint density at radius 1 is 1.58 bits per heavy atom. The second-order valence-corrected chi connectivity index (χ2v) is 3.58. The van der Waals surface area contributed by atoms with E-state index in [1.165, 1.54) is 5.56 Å². The molecule has 3 heteroatoms. The number of halogens is 1. The molecule has 0 aliphatic carbocycles. The fourth-order valence-corrected chi connectivity index (χ4v) is 1.30. The van der Waals surface area contributed by atoms with Gasteiger partial charge in [-0.2, -0.15) is 12.6 Å². The molecule has 0 radical (unpaired) electrons. The van der Waals surface area contributed by atoms with Crippen molar-refractivity contribution in [3.8, 4) is 0 Å². The van der Waals surface area contributed by atoms with E-state index < -0.39 is 0 Å². The quantitative estimate of drug-likeness (QED) is 0.586. The predicted octanol–water partition coefficient (Wildman–Crippen LogP) is 2.91. The van der Waals surface area contributed by atoms with Crippen molar-refractivity contribution in [1.82, 2.24) is 4.98 Å². The molecule has 0 atom stereocenters. The van der Waals surface area contributed by atoms with Crippen LogP contribution in [0, 0.1) is 6.92 Å². The maximum atomic E-state index is 5.79. The van der Waals surface area contributed by atoms with E-state index in [4.69, 9.17) is 11.6 Å². The lowest BCUT2D eigenvalue weighted by Crippen LogP contribution is -1.90. The Bertz CT molecular complexity index is 263. The summed E-state index contributed by atoms with van der Waals surface area (Å²) in [5.74, 6) is 0.918. The Balaban J connectivity index is 2.69. The van der Waals surface area contributed by atoms with Crippen molar-refractivity contribution in [2.24, 2.45) is 0 Å². The van der Waals surface area contributed by atoms with E-state index in [-0.39, 0.29) is 0 Å². The predicted molar refractivity (Wildman–Crippen MR) is 56.2 cm³/mol. The van der Waals surface area contributed by atoms with Crippen LogP contribution in [-0.2, 0) is 6.42 Å². The maximum Gasteiger partial charge on any atom is 0.131 e. The molecule has 0 fully saturated rings. The van der Waals surface area contributed by atoms with Crippen molar-refractivity contribution in [3.05, 3.63) is 28.5 Å². The molecule has 0 aromatic carbocycles. The van der Waals surface area contributed by atoms with Crippen LogP contribution in [0.4, 0.5) is 0 Å². The monoisotopic (exact) mass is 201 g/mol. The van der Waals surface area contributed by atoms with Crippen molar-refractivity contribution < 1.29 is 0 Å². The molecule has 0 saturated carbocycles. The Morgan fingerprint density at radius 3 is 2.92 bits per heavy atom. The van der Waals surface area contributed by atoms with Crippen molar-refractivity contribution >= 4 is 24.2 Å². The fraction of sp³-hybridized carbons (Fsp3) is 0.444. The maximum absolute atomic E-state index is 5.79. The summed E-state index contributed by atoms with van der Waals surface area (Å²) < 4.78 is 0. The first-order chi connectivity index (χ1) is 5.74. The van der Waals surface area contributed by atoms with Gasteiger partial charge in [0.05, 0.1) is 0 Å². The highest BCUT2D eigenvalue weighted by molar-refractivity contribution is 7.80. The van der Waals surface area contributed by atoms with E-state index in [9.17, 15) is 0 Å². The second-order valence-electron chi connectivity index (χ2n) is 2.78. The van der Waals surface area contributed by atoms with Crippen LogP contribution in [0.5, 0.6) is 0 Å². The van der Waals surface area contributed by atoms with Gasteiger partial charge in [0.1, 0.15) is 5.15 Å². The standard InChI is InChI=1S/C9H12ClNS/c1-7-5-8(3-2-4-12)6-11-9(7)10/h5-6,12H,2-4H2,1H3. The molecule has 1 nitrogen and oxygen atoms in total. The van der Waals surface area contributed by atoms with Gasteiger partial charge >= 0.3 is 0 Å². The number of nitrogens with zero attached hydrogens (tertiary/aromatic N) is 1. The lowest BCUT2D eigenvalue weighted by atomic mass is 10.1. The zero-order chi connectivity index (χ0) is 8.97. The molecule has 0 aliphatic heterocycles. The summed E-state index contributed by atoms with van der Waals surface area (Å²) in [4.78, 5) is 4.07. The van der Waals surface area contributed by atoms with Gasteiger partial charge < -0.3 is 0 Å². The normalized spacial score (nSPS) is 10.2. The highest BCUT2D eigenvalue weighted by Gasteiger charge is 1.97. The van der Waals surface area contributed by atoms with Gasteiger partial charge in [0.2, 0.25) is 0 Å². The van der Waals surface area contributed by atoms with Crippen LogP contribution >= 0.6 is 24.2 Å². The minimum Gasteiger partial charge on any atom is -0.244 e. The highest BCUT2D eigenvalue weighted by atomic mass is 35.5. The van der Waals surface area contributed by atoms with Gasteiger partial charge in [-0.05, 0) is 36.6 Å². The van der Waals surface area contributed by atoms with Gasteiger partial charge in [0.15, 0.2) is 0 Å². The molecule has 0 spiro atoms. The van der Waals surface area contributed by atoms with Crippen molar-refractivity contribution in [2.75, 3.05) is 5.75 Å². The molecule has 1 rings (SSSR count). The summed E-state index contributed by atoms with van der Waals surface area (Å²) in [7, 11) is 0. The molecule has 0 unspecified atom stereocenters. The molecule has 0 saturated heterocycles. The number of hydrogen-bond donors (Lipinski definition) is 1. The van der Waals surface area contributed by atoms with Crippen molar-refractivity contribution in [1.29, 1.82) is 0 Å². The van der Waals surface area contributed by atoms with Crippen LogP contribution in [0.3, 0.4) is 0 Å².